The van der Waals surface area contributed by atoms with Crippen molar-refractivity contribution in [3.8, 4) is 0 Å². The van der Waals surface area contributed by atoms with E-state index in [0.717, 1.165) is 16.8 Å². The van der Waals surface area contributed by atoms with Crippen LogP contribution in [0.5, 0.6) is 0 Å². The fourth-order valence-electron chi connectivity index (χ4n) is 3.37. The molecule has 0 unspecified atom stereocenters. The number of rotatable bonds is 6. The highest BCUT2D eigenvalue weighted by Gasteiger charge is 2.30. The molecule has 0 aliphatic carbocycles. The van der Waals surface area contributed by atoms with E-state index in [1.165, 1.54) is 30.6 Å². The average Bonchev–Trinajstić information content (AvgIpc) is 3.24. The highest BCUT2D eigenvalue weighted by atomic mass is 35.5. The number of hydrazine groups is 1. The second-order valence-electron chi connectivity index (χ2n) is 7.23. The molecule has 3 aromatic carbocycles. The Morgan fingerprint density at radius 3 is 2.19 bits per heavy atom. The Balaban J connectivity index is 1.60. The molecule has 0 amide bonds. The molecule has 3 aromatic rings. The lowest BCUT2D eigenvalue weighted by Crippen LogP contribution is -2.34. The van der Waals surface area contributed by atoms with Crippen molar-refractivity contribution >= 4 is 45.3 Å². The number of benzene rings is 3. The summed E-state index contributed by atoms with van der Waals surface area (Å²) >= 11 is 11.9. The molecule has 164 valence electrons. The Kier molecular flexibility index (Phi) is 6.50. The number of sulfonamides is 1. The van der Waals surface area contributed by atoms with Crippen LogP contribution in [-0.2, 0) is 10.0 Å². The molecule has 0 radical (unpaired) electrons. The summed E-state index contributed by atoms with van der Waals surface area (Å²) in [6, 6.07) is 23.4. The van der Waals surface area contributed by atoms with Crippen LogP contribution in [0.2, 0.25) is 10.0 Å². The fraction of sp³-hybridized carbons (Fsp3) is 0.130. The summed E-state index contributed by atoms with van der Waals surface area (Å²) in [5.74, 6) is 0.00102. The summed E-state index contributed by atoms with van der Waals surface area (Å²) in [7, 11) is -2.15. The maximum Gasteiger partial charge on any atom is 0.283 e. The lowest BCUT2D eigenvalue weighted by Gasteiger charge is -2.24. The lowest BCUT2D eigenvalue weighted by molar-refractivity contribution is 0.0920. The van der Waals surface area contributed by atoms with E-state index in [4.69, 9.17) is 28.3 Å². The van der Waals surface area contributed by atoms with Gasteiger partial charge in [0.25, 0.3) is 10.0 Å². The molecule has 0 aromatic heterocycles. The Hall–Kier alpha value is -2.87. The van der Waals surface area contributed by atoms with E-state index in [2.05, 4.69) is 16.5 Å². The van der Waals surface area contributed by atoms with Gasteiger partial charge in [-0.1, -0.05) is 65.7 Å². The van der Waals surface area contributed by atoms with Crippen molar-refractivity contribution in [2.75, 3.05) is 13.6 Å². The maximum atomic E-state index is 12.5. The molecule has 6 nitrogen and oxygen atoms in total. The van der Waals surface area contributed by atoms with Gasteiger partial charge in [-0.05, 0) is 47.5 Å². The second-order valence-corrected chi connectivity index (χ2v) is 9.74. The summed E-state index contributed by atoms with van der Waals surface area (Å²) in [4.78, 5) is 0.0699. The molecular weight excluding hydrogens is 467 g/mol. The fourth-order valence-corrected chi connectivity index (χ4v) is 4.48. The normalized spacial score (nSPS) is 16.4. The first-order chi connectivity index (χ1) is 15.3. The third kappa shape index (κ3) is 4.96. The molecule has 9 heteroatoms. The molecule has 1 heterocycles. The SMILES string of the molecule is CN(/C=N/S(=O)(=O)c1ccc(Cl)cc1)N1C[C@H](c2ccccc2)C(c2ccc(Cl)cc2)=N1. The van der Waals surface area contributed by atoms with Gasteiger partial charge in [0.15, 0.2) is 0 Å². The predicted octanol–water partition coefficient (Wildman–Crippen LogP) is 5.06. The predicted molar refractivity (Wildman–Crippen MR) is 129 cm³/mol. The van der Waals surface area contributed by atoms with Crippen molar-refractivity contribution in [3.05, 3.63) is 100 Å². The summed E-state index contributed by atoms with van der Waals surface area (Å²) < 4.78 is 28.9. The molecule has 0 fully saturated rings. The molecular formula is C23H20Cl2N4O2S. The topological polar surface area (TPSA) is 65.3 Å². The van der Waals surface area contributed by atoms with Gasteiger partial charge >= 0.3 is 0 Å². The first-order valence-corrected chi connectivity index (χ1v) is 12.0. The molecule has 32 heavy (non-hydrogen) atoms. The molecule has 1 atom stereocenters. The van der Waals surface area contributed by atoms with Crippen molar-refractivity contribution in [3.63, 3.8) is 0 Å². The molecule has 0 saturated heterocycles. The molecule has 4 rings (SSSR count). The van der Waals surface area contributed by atoms with E-state index in [0.29, 0.717) is 16.6 Å². The van der Waals surface area contributed by atoms with E-state index >= 15 is 0 Å². The quantitative estimate of drug-likeness (QED) is 0.360. The van der Waals surface area contributed by atoms with Gasteiger partial charge in [0.1, 0.15) is 6.34 Å². The summed E-state index contributed by atoms with van der Waals surface area (Å²) in [6.07, 6.45) is 1.25. The van der Waals surface area contributed by atoms with E-state index < -0.39 is 10.0 Å². The van der Waals surface area contributed by atoms with Crippen LogP contribution in [0.3, 0.4) is 0 Å². The van der Waals surface area contributed by atoms with Gasteiger partial charge in [-0.25, -0.2) is 5.12 Å². The monoisotopic (exact) mass is 486 g/mol. The van der Waals surface area contributed by atoms with Crippen LogP contribution >= 0.6 is 23.2 Å². The Labute approximate surface area is 197 Å². The van der Waals surface area contributed by atoms with Crippen molar-refractivity contribution in [2.24, 2.45) is 9.50 Å². The number of hydrogen-bond acceptors (Lipinski definition) is 4. The Morgan fingerprint density at radius 1 is 0.969 bits per heavy atom. The molecule has 0 spiro atoms. The molecule has 0 N–H and O–H groups in total. The van der Waals surface area contributed by atoms with Crippen LogP contribution in [0.25, 0.3) is 0 Å². The summed E-state index contributed by atoms with van der Waals surface area (Å²) in [5, 5.41) is 9.13. The van der Waals surface area contributed by atoms with Crippen molar-refractivity contribution < 1.29 is 8.42 Å². The van der Waals surface area contributed by atoms with E-state index in [9.17, 15) is 8.42 Å². The largest absolute Gasteiger partial charge is 0.283 e. The van der Waals surface area contributed by atoms with Crippen LogP contribution in [0.1, 0.15) is 17.0 Å². The van der Waals surface area contributed by atoms with E-state index in [1.54, 1.807) is 17.2 Å². The van der Waals surface area contributed by atoms with Crippen LogP contribution < -0.4 is 0 Å². The molecule has 0 saturated carbocycles. The first-order valence-electron chi connectivity index (χ1n) is 9.79. The van der Waals surface area contributed by atoms with Crippen LogP contribution in [0.4, 0.5) is 0 Å². The average molecular weight is 487 g/mol. The summed E-state index contributed by atoms with van der Waals surface area (Å²) in [6.45, 7) is 0.533. The molecule has 1 aliphatic rings. The van der Waals surface area contributed by atoms with E-state index in [1.807, 2.05) is 42.5 Å². The maximum absolute atomic E-state index is 12.5. The third-order valence-electron chi connectivity index (χ3n) is 5.07. The van der Waals surface area contributed by atoms with E-state index in [-0.39, 0.29) is 10.8 Å². The Bertz CT molecular complexity index is 1250. The standard InChI is InChI=1S/C23H20Cl2N4O2S/c1-28(16-26-32(30,31)21-13-11-20(25)12-14-21)29-15-22(17-5-3-2-4-6-17)23(27-29)18-7-9-19(24)10-8-18/h2-14,16,22H,15H2,1H3/b26-16+/t22-/m1/s1. The van der Waals surface area contributed by atoms with Crippen LogP contribution in [-0.4, -0.2) is 44.2 Å². The van der Waals surface area contributed by atoms with Crippen LogP contribution in [0.15, 0.2) is 93.3 Å². The third-order valence-corrected chi connectivity index (χ3v) is 6.81. The minimum Gasteiger partial charge on any atom is -0.261 e. The number of halogens is 2. The Morgan fingerprint density at radius 2 is 1.56 bits per heavy atom. The second kappa shape index (κ2) is 9.32. The minimum absolute atomic E-state index is 0.00102. The zero-order chi connectivity index (χ0) is 22.7. The number of hydrogen-bond donors (Lipinski definition) is 0. The van der Waals surface area contributed by atoms with Gasteiger partial charge < -0.3 is 0 Å². The minimum atomic E-state index is -3.86. The summed E-state index contributed by atoms with van der Waals surface area (Å²) in [5.41, 5.74) is 2.93. The van der Waals surface area contributed by atoms with Crippen molar-refractivity contribution in [2.45, 2.75) is 10.8 Å². The van der Waals surface area contributed by atoms with Crippen LogP contribution in [0, 0.1) is 0 Å². The van der Waals surface area contributed by atoms with Crippen molar-refractivity contribution in [1.82, 2.24) is 10.1 Å². The lowest BCUT2D eigenvalue weighted by atomic mass is 9.91. The first kappa shape index (κ1) is 22.3. The van der Waals surface area contributed by atoms with Gasteiger partial charge in [-0.2, -0.15) is 13.5 Å². The molecule has 1 aliphatic heterocycles. The smallest absolute Gasteiger partial charge is 0.261 e. The zero-order valence-electron chi connectivity index (χ0n) is 17.1. The van der Waals surface area contributed by atoms with Crippen molar-refractivity contribution in [1.29, 1.82) is 0 Å². The van der Waals surface area contributed by atoms with Gasteiger partial charge in [0.2, 0.25) is 0 Å². The zero-order valence-corrected chi connectivity index (χ0v) is 19.5. The highest BCUT2D eigenvalue weighted by Crippen LogP contribution is 2.29. The van der Waals surface area contributed by atoms with Gasteiger partial charge in [0, 0.05) is 17.1 Å². The van der Waals surface area contributed by atoms with Gasteiger partial charge in [-0.3, -0.25) is 5.01 Å². The number of hydrazone groups is 1. The highest BCUT2D eigenvalue weighted by molar-refractivity contribution is 7.90. The van der Waals surface area contributed by atoms with Gasteiger partial charge in [0.05, 0.1) is 23.1 Å². The number of nitrogens with zero attached hydrogens (tertiary/aromatic N) is 4. The van der Waals surface area contributed by atoms with Gasteiger partial charge in [-0.15, -0.1) is 4.40 Å². The molecule has 0 bridgehead atoms.